The zero-order valence-electron chi connectivity index (χ0n) is 10.0. The lowest BCUT2D eigenvalue weighted by molar-refractivity contribution is 0.100. The van der Waals surface area contributed by atoms with Crippen molar-refractivity contribution < 1.29 is 18.1 Å². The Hall–Kier alpha value is -0.523. The van der Waals surface area contributed by atoms with Crippen molar-refractivity contribution in [3.05, 3.63) is 0 Å². The summed E-state index contributed by atoms with van der Waals surface area (Å²) in [5.41, 5.74) is 0. The molecule has 16 heavy (non-hydrogen) atoms. The van der Waals surface area contributed by atoms with Crippen LogP contribution in [0.3, 0.4) is 0 Å². The summed E-state index contributed by atoms with van der Waals surface area (Å²) < 4.78 is 16.1. The molecule has 0 saturated carbocycles. The van der Waals surface area contributed by atoms with Crippen LogP contribution < -0.4 is 0 Å². The fraction of sp³-hybridized carbons (Fsp3) is 0.900. The van der Waals surface area contributed by atoms with Gasteiger partial charge in [-0.1, -0.05) is 0 Å². The van der Waals surface area contributed by atoms with Gasteiger partial charge < -0.3 is 13.3 Å². The van der Waals surface area contributed by atoms with Gasteiger partial charge in [0.05, 0.1) is 6.54 Å². The summed E-state index contributed by atoms with van der Waals surface area (Å²) in [6, 6.07) is 0. The second-order valence-electron chi connectivity index (χ2n) is 3.00. The molecule has 0 saturated heterocycles. The lowest BCUT2D eigenvalue weighted by Gasteiger charge is -2.12. The monoisotopic (exact) mass is 246 g/mol. The Kier molecular flexibility index (Phi) is 12.1. The quantitative estimate of drug-likeness (QED) is 0.240. The summed E-state index contributed by atoms with van der Waals surface area (Å²) in [4.78, 5) is 13.3. The minimum absolute atomic E-state index is 0.554. The molecule has 0 aromatic rings. The molecule has 0 amide bonds. The van der Waals surface area contributed by atoms with Crippen LogP contribution >= 0.6 is 0 Å². The minimum atomic E-state index is -1.53. The van der Waals surface area contributed by atoms with Crippen LogP contribution in [0.2, 0.25) is 0 Å². The molecule has 0 rings (SSSR count). The van der Waals surface area contributed by atoms with Gasteiger partial charge in [0.15, 0.2) is 0 Å². The van der Waals surface area contributed by atoms with Crippen molar-refractivity contribution in [2.24, 2.45) is 4.99 Å². The van der Waals surface area contributed by atoms with E-state index < -0.39 is 9.53 Å². The van der Waals surface area contributed by atoms with Gasteiger partial charge in [-0.2, -0.15) is 0 Å². The van der Waals surface area contributed by atoms with E-state index in [2.05, 4.69) is 4.99 Å². The van der Waals surface area contributed by atoms with Crippen molar-refractivity contribution in [3.63, 3.8) is 0 Å². The number of unbranched alkanes of at least 4 members (excludes halogenated alkanes) is 2. The van der Waals surface area contributed by atoms with Gasteiger partial charge in [0, 0.05) is 19.8 Å². The van der Waals surface area contributed by atoms with Crippen LogP contribution in [0, 0.1) is 0 Å². The second kappa shape index (κ2) is 12.5. The SMILES string of the molecule is CCO[Si](OCC)OCCCCCN=C=O. The Morgan fingerprint density at radius 1 is 1.06 bits per heavy atom. The van der Waals surface area contributed by atoms with Crippen LogP contribution in [-0.4, -0.2) is 42.0 Å². The van der Waals surface area contributed by atoms with Gasteiger partial charge in [0.1, 0.15) is 0 Å². The molecule has 0 heterocycles. The molecule has 0 aromatic carbocycles. The highest BCUT2D eigenvalue weighted by Crippen LogP contribution is 1.99. The Morgan fingerprint density at radius 2 is 1.75 bits per heavy atom. The van der Waals surface area contributed by atoms with Gasteiger partial charge in [-0.05, 0) is 33.1 Å². The van der Waals surface area contributed by atoms with E-state index in [0.717, 1.165) is 19.3 Å². The van der Waals surface area contributed by atoms with Gasteiger partial charge in [0.2, 0.25) is 6.08 Å². The number of hydrogen-bond donors (Lipinski definition) is 0. The third kappa shape index (κ3) is 10.0. The number of isocyanates is 1. The van der Waals surface area contributed by atoms with E-state index in [0.29, 0.717) is 26.4 Å². The van der Waals surface area contributed by atoms with Crippen molar-refractivity contribution in [2.75, 3.05) is 26.4 Å². The van der Waals surface area contributed by atoms with Crippen molar-refractivity contribution in [1.29, 1.82) is 0 Å². The molecule has 93 valence electrons. The highest BCUT2D eigenvalue weighted by molar-refractivity contribution is 6.36. The third-order valence-electron chi connectivity index (χ3n) is 1.72. The first-order chi connectivity index (χ1) is 7.85. The fourth-order valence-electron chi connectivity index (χ4n) is 1.03. The summed E-state index contributed by atoms with van der Waals surface area (Å²) >= 11 is 0. The second-order valence-corrected chi connectivity index (χ2v) is 4.36. The molecule has 0 N–H and O–H groups in total. The maximum absolute atomic E-state index is 9.78. The first kappa shape index (κ1) is 15.5. The molecule has 0 aliphatic heterocycles. The molecule has 0 atom stereocenters. The van der Waals surface area contributed by atoms with Crippen molar-refractivity contribution in [3.8, 4) is 0 Å². The Bertz CT molecular complexity index is 191. The topological polar surface area (TPSA) is 57.1 Å². The van der Waals surface area contributed by atoms with Crippen molar-refractivity contribution in [1.82, 2.24) is 0 Å². The molecule has 0 spiro atoms. The third-order valence-corrected chi connectivity index (χ3v) is 3.21. The van der Waals surface area contributed by atoms with E-state index >= 15 is 0 Å². The predicted molar refractivity (Wildman–Crippen MR) is 61.8 cm³/mol. The van der Waals surface area contributed by atoms with E-state index in [1.165, 1.54) is 6.08 Å². The van der Waals surface area contributed by atoms with Gasteiger partial charge in [-0.3, -0.25) is 0 Å². The zero-order chi connectivity index (χ0) is 12.1. The number of hydrogen-bond acceptors (Lipinski definition) is 5. The van der Waals surface area contributed by atoms with Crippen LogP contribution in [-0.2, 0) is 18.1 Å². The molecule has 6 heteroatoms. The lowest BCUT2D eigenvalue weighted by atomic mass is 10.2. The van der Waals surface area contributed by atoms with Crippen molar-refractivity contribution >= 4 is 15.6 Å². The van der Waals surface area contributed by atoms with Gasteiger partial charge in [-0.15, -0.1) is 0 Å². The Morgan fingerprint density at radius 3 is 2.31 bits per heavy atom. The molecule has 0 bridgehead atoms. The summed E-state index contributed by atoms with van der Waals surface area (Å²) in [5, 5.41) is 0. The predicted octanol–water partition coefficient (Wildman–Crippen LogP) is 1.57. The summed E-state index contributed by atoms with van der Waals surface area (Å²) in [5.74, 6) is 0. The van der Waals surface area contributed by atoms with Crippen LogP contribution in [0.25, 0.3) is 0 Å². The molecule has 1 radical (unpaired) electrons. The van der Waals surface area contributed by atoms with Gasteiger partial charge in [0.25, 0.3) is 0 Å². The number of aliphatic imine (C=N–C) groups is 1. The minimum Gasteiger partial charge on any atom is -0.371 e. The van der Waals surface area contributed by atoms with E-state index in [1.807, 2.05) is 13.8 Å². The molecule has 0 unspecified atom stereocenters. The standard InChI is InChI=1S/C10H20NO4Si/c1-3-13-16(14-4-2)15-9-7-5-6-8-11-10-12/h3-9H2,1-2H3. The molecule has 5 nitrogen and oxygen atoms in total. The van der Waals surface area contributed by atoms with Crippen LogP contribution in [0.1, 0.15) is 33.1 Å². The summed E-state index contributed by atoms with van der Waals surface area (Å²) in [6.45, 7) is 6.26. The molecule has 0 fully saturated rings. The smallest absolute Gasteiger partial charge is 0.371 e. The molecular weight excluding hydrogens is 226 g/mol. The highest BCUT2D eigenvalue weighted by atomic mass is 28.3. The first-order valence-electron chi connectivity index (χ1n) is 5.64. The van der Waals surface area contributed by atoms with Crippen molar-refractivity contribution in [2.45, 2.75) is 33.1 Å². The first-order valence-corrected chi connectivity index (χ1v) is 6.86. The molecule has 0 aromatic heterocycles. The average Bonchev–Trinajstić information content (AvgIpc) is 2.28. The molecule has 0 aliphatic rings. The average molecular weight is 246 g/mol. The van der Waals surface area contributed by atoms with E-state index in [4.69, 9.17) is 13.3 Å². The van der Waals surface area contributed by atoms with E-state index in [-0.39, 0.29) is 0 Å². The van der Waals surface area contributed by atoms with E-state index in [1.54, 1.807) is 0 Å². The fourth-order valence-corrected chi connectivity index (χ4v) is 2.06. The van der Waals surface area contributed by atoms with Gasteiger partial charge in [-0.25, -0.2) is 9.79 Å². The van der Waals surface area contributed by atoms with Crippen LogP contribution in [0.15, 0.2) is 4.99 Å². The number of nitrogens with zero attached hydrogens (tertiary/aromatic N) is 1. The number of carbonyl (C=O) groups excluding carboxylic acids is 1. The Balaban J connectivity index is 3.35. The normalized spacial score (nSPS) is 10.4. The maximum Gasteiger partial charge on any atom is 0.577 e. The number of rotatable bonds is 11. The van der Waals surface area contributed by atoms with Crippen LogP contribution in [0.5, 0.6) is 0 Å². The Labute approximate surface area is 98.8 Å². The summed E-state index contributed by atoms with van der Waals surface area (Å²) in [6.07, 6.45) is 4.33. The van der Waals surface area contributed by atoms with E-state index in [9.17, 15) is 4.79 Å². The highest BCUT2D eigenvalue weighted by Gasteiger charge is 2.16. The lowest BCUT2D eigenvalue weighted by Crippen LogP contribution is -2.27. The maximum atomic E-state index is 9.78. The van der Waals surface area contributed by atoms with Gasteiger partial charge >= 0.3 is 9.53 Å². The van der Waals surface area contributed by atoms with Crippen LogP contribution in [0.4, 0.5) is 0 Å². The molecular formula is C10H20NO4Si. The zero-order valence-corrected chi connectivity index (χ0v) is 11.0. The largest absolute Gasteiger partial charge is 0.577 e. The molecule has 0 aliphatic carbocycles. The summed E-state index contributed by atoms with van der Waals surface area (Å²) in [7, 11) is -1.53.